The molecule has 0 bridgehead atoms. The van der Waals surface area contributed by atoms with E-state index in [1.165, 1.54) is 15.9 Å². The standard InChI is InChI=1S/C41H50Cl2N6O8/c1-7-8-18-28(34(51)36(53)44-21-29(50)46-31(37(54)48(5)6)23-14-10-9-11-15-23)45-35(52)33-30-27(41(30,42)43)22-49(33)38(55)32(47-39(56)57-40(2,3)4)26-19-24-16-12-13-17-25(24)20-26/h7,9-17,26-28,30-33H,1,8,18-22H2,2-6H3,(H,44,53)(H,45,52)(H,46,50)(H,47,56)/t27?,28?,30?,31?,32?,33-/m0/s1. The van der Waals surface area contributed by atoms with Gasteiger partial charge in [0.15, 0.2) is 0 Å². The highest BCUT2D eigenvalue weighted by atomic mass is 35.5. The summed E-state index contributed by atoms with van der Waals surface area (Å²) in [6.45, 7) is 8.18. The van der Waals surface area contributed by atoms with Crippen molar-refractivity contribution in [1.29, 1.82) is 0 Å². The molecule has 0 radical (unpaired) electrons. The van der Waals surface area contributed by atoms with Crippen LogP contribution in [0.2, 0.25) is 0 Å². The van der Waals surface area contributed by atoms with Crippen molar-refractivity contribution in [3.05, 3.63) is 83.9 Å². The summed E-state index contributed by atoms with van der Waals surface area (Å²) in [5, 5.41) is 10.3. The largest absolute Gasteiger partial charge is 0.444 e. The number of amides is 6. The molecule has 1 aliphatic heterocycles. The molecule has 5 rings (SSSR count). The average molecular weight is 826 g/mol. The van der Waals surface area contributed by atoms with Crippen LogP contribution < -0.4 is 21.3 Å². The Labute approximate surface area is 342 Å². The number of allylic oxidation sites excluding steroid dienone is 1. The summed E-state index contributed by atoms with van der Waals surface area (Å²) in [4.78, 5) is 97.1. The number of likely N-dealkylation sites (N-methyl/N-ethyl adjacent to an activating group) is 1. The minimum atomic E-state index is -1.37. The number of alkyl carbamates (subject to hydrolysis) is 1. The Balaban J connectivity index is 1.30. The minimum absolute atomic E-state index is 0.0158. The van der Waals surface area contributed by atoms with E-state index < -0.39 is 93.9 Å². The monoisotopic (exact) mass is 824 g/mol. The summed E-state index contributed by atoms with van der Waals surface area (Å²) < 4.78 is 4.19. The van der Waals surface area contributed by atoms with Crippen LogP contribution in [0.1, 0.15) is 56.3 Å². The van der Waals surface area contributed by atoms with E-state index in [0.29, 0.717) is 18.4 Å². The molecular formula is C41H50Cl2N6O8. The summed E-state index contributed by atoms with van der Waals surface area (Å²) >= 11 is 13.2. The molecule has 2 fully saturated rings. The second-order valence-corrected chi connectivity index (χ2v) is 17.4. The molecule has 1 saturated heterocycles. The molecule has 2 aliphatic carbocycles. The van der Waals surface area contributed by atoms with Gasteiger partial charge in [-0.2, -0.15) is 0 Å². The van der Waals surface area contributed by atoms with Gasteiger partial charge in [-0.1, -0.05) is 60.7 Å². The molecule has 16 heteroatoms. The molecule has 5 unspecified atom stereocenters. The topological polar surface area (TPSA) is 183 Å². The molecule has 6 atom stereocenters. The molecule has 14 nitrogen and oxygen atoms in total. The first-order valence-corrected chi connectivity index (χ1v) is 19.6. The van der Waals surface area contributed by atoms with Crippen LogP contribution in [0.5, 0.6) is 0 Å². The van der Waals surface area contributed by atoms with Crippen molar-refractivity contribution in [1.82, 2.24) is 31.1 Å². The van der Waals surface area contributed by atoms with E-state index in [1.807, 2.05) is 24.3 Å². The van der Waals surface area contributed by atoms with Gasteiger partial charge in [0.2, 0.25) is 29.4 Å². The van der Waals surface area contributed by atoms with Crippen molar-refractivity contribution < 1.29 is 38.3 Å². The molecule has 1 heterocycles. The van der Waals surface area contributed by atoms with Gasteiger partial charge in [0, 0.05) is 32.5 Å². The highest BCUT2D eigenvalue weighted by Crippen LogP contribution is 2.65. The molecule has 3 aliphatic rings. The van der Waals surface area contributed by atoms with Crippen molar-refractivity contribution in [2.24, 2.45) is 17.8 Å². The predicted octanol–water partition coefficient (Wildman–Crippen LogP) is 3.01. The van der Waals surface area contributed by atoms with Crippen LogP contribution in [-0.4, -0.2) is 106 Å². The lowest BCUT2D eigenvalue weighted by Crippen LogP contribution is -2.60. The number of hydrogen-bond acceptors (Lipinski definition) is 8. The Bertz CT molecular complexity index is 1880. The second-order valence-electron chi connectivity index (χ2n) is 15.9. The molecule has 4 N–H and O–H groups in total. The van der Waals surface area contributed by atoms with Gasteiger partial charge in [-0.15, -0.1) is 29.8 Å². The van der Waals surface area contributed by atoms with Crippen LogP contribution >= 0.6 is 23.2 Å². The quantitative estimate of drug-likeness (QED) is 0.120. The smallest absolute Gasteiger partial charge is 0.408 e. The van der Waals surface area contributed by atoms with E-state index in [9.17, 15) is 33.6 Å². The highest BCUT2D eigenvalue weighted by molar-refractivity contribution is 6.51. The third-order valence-corrected chi connectivity index (χ3v) is 11.5. The summed E-state index contributed by atoms with van der Waals surface area (Å²) in [5.41, 5.74) is 1.77. The van der Waals surface area contributed by atoms with Gasteiger partial charge in [0.25, 0.3) is 5.91 Å². The minimum Gasteiger partial charge on any atom is -0.444 e. The fourth-order valence-electron chi connectivity index (χ4n) is 7.58. The third kappa shape index (κ3) is 10.1. The molecule has 57 heavy (non-hydrogen) atoms. The van der Waals surface area contributed by atoms with Crippen LogP contribution in [0.15, 0.2) is 67.3 Å². The van der Waals surface area contributed by atoms with Crippen LogP contribution in [0.3, 0.4) is 0 Å². The molecule has 0 spiro atoms. The maximum Gasteiger partial charge on any atom is 0.408 e. The molecule has 2 aromatic rings. The SMILES string of the molecule is C=CCCC(NC(=O)[C@@H]1C2C(CN1C(=O)C(NC(=O)OC(C)(C)C)C1Cc3ccccc3C1)C2(Cl)Cl)C(=O)C(=O)NCC(=O)NC(C(=O)N(C)C)c1ccccc1. The Morgan fingerprint density at radius 2 is 1.56 bits per heavy atom. The number of halogens is 2. The number of Topliss-reactive ketones (excluding diaryl/α,β-unsaturated/α-hetero) is 1. The van der Waals surface area contributed by atoms with Crippen LogP contribution in [0.25, 0.3) is 0 Å². The molecular weight excluding hydrogens is 775 g/mol. The van der Waals surface area contributed by atoms with Gasteiger partial charge in [-0.25, -0.2) is 4.79 Å². The Morgan fingerprint density at radius 3 is 2.14 bits per heavy atom. The summed E-state index contributed by atoms with van der Waals surface area (Å²) in [6.07, 6.45) is 1.93. The van der Waals surface area contributed by atoms with E-state index in [-0.39, 0.29) is 25.3 Å². The number of benzene rings is 2. The maximum atomic E-state index is 14.6. The molecule has 306 valence electrons. The van der Waals surface area contributed by atoms with Crippen molar-refractivity contribution in [3.63, 3.8) is 0 Å². The van der Waals surface area contributed by atoms with E-state index in [0.717, 1.165) is 11.1 Å². The van der Waals surface area contributed by atoms with Crippen molar-refractivity contribution >= 4 is 64.6 Å². The van der Waals surface area contributed by atoms with E-state index in [2.05, 4.69) is 27.8 Å². The number of fused-ring (bicyclic) bond motifs is 2. The van der Waals surface area contributed by atoms with Crippen LogP contribution in [0, 0.1) is 17.8 Å². The van der Waals surface area contributed by atoms with Crippen molar-refractivity contribution in [2.45, 2.75) is 80.6 Å². The number of piperidine rings is 1. The number of ketones is 1. The molecule has 6 amide bonds. The fraction of sp³-hybridized carbons (Fsp3) is 0.488. The van der Waals surface area contributed by atoms with E-state index in [4.69, 9.17) is 27.9 Å². The van der Waals surface area contributed by atoms with E-state index in [1.54, 1.807) is 65.2 Å². The van der Waals surface area contributed by atoms with Gasteiger partial charge in [0.1, 0.15) is 28.1 Å². The fourth-order valence-corrected chi connectivity index (χ4v) is 8.40. The zero-order valence-corrected chi connectivity index (χ0v) is 34.2. The molecule has 1 saturated carbocycles. The molecule has 2 aromatic carbocycles. The Hall–Kier alpha value is -4.95. The first-order chi connectivity index (χ1) is 26.8. The van der Waals surface area contributed by atoms with Crippen molar-refractivity contribution in [3.8, 4) is 0 Å². The van der Waals surface area contributed by atoms with Gasteiger partial charge >= 0.3 is 6.09 Å². The van der Waals surface area contributed by atoms with Crippen molar-refractivity contribution in [2.75, 3.05) is 27.2 Å². The number of likely N-dealkylation sites (tertiary alicyclic amines) is 1. The second kappa shape index (κ2) is 17.7. The maximum absolute atomic E-state index is 14.6. The normalized spacial score (nSPS) is 20.8. The number of rotatable bonds is 15. The lowest BCUT2D eigenvalue weighted by Gasteiger charge is -2.35. The third-order valence-electron chi connectivity index (χ3n) is 10.4. The first kappa shape index (κ1) is 43.2. The summed E-state index contributed by atoms with van der Waals surface area (Å²) in [7, 11) is 3.09. The Morgan fingerprint density at radius 1 is 0.947 bits per heavy atom. The number of carbonyl (C=O) groups excluding carboxylic acids is 7. The highest BCUT2D eigenvalue weighted by Gasteiger charge is 2.74. The van der Waals surface area contributed by atoms with Crippen LogP contribution in [-0.2, 0) is 46.3 Å². The van der Waals surface area contributed by atoms with E-state index >= 15 is 0 Å². The summed E-state index contributed by atoms with van der Waals surface area (Å²) in [5.74, 6) is -6.13. The number of alkyl halides is 2. The molecule has 0 aromatic heterocycles. The van der Waals surface area contributed by atoms with Gasteiger partial charge in [-0.3, -0.25) is 28.8 Å². The number of carbonyl (C=O) groups is 7. The number of nitrogens with one attached hydrogen (secondary N) is 4. The lowest BCUT2D eigenvalue weighted by molar-refractivity contribution is -0.144. The number of nitrogens with zero attached hydrogens (tertiary/aromatic N) is 2. The van der Waals surface area contributed by atoms with Gasteiger partial charge in [0.05, 0.1) is 12.6 Å². The van der Waals surface area contributed by atoms with Gasteiger partial charge < -0.3 is 35.8 Å². The zero-order chi connectivity index (χ0) is 41.8. The summed E-state index contributed by atoms with van der Waals surface area (Å²) in [6, 6.07) is 11.6. The number of hydrogen-bond donors (Lipinski definition) is 4. The Kier molecular flexibility index (Phi) is 13.4. The van der Waals surface area contributed by atoms with Crippen LogP contribution in [0.4, 0.5) is 4.79 Å². The van der Waals surface area contributed by atoms with Gasteiger partial charge in [-0.05, 0) is 69.1 Å². The first-order valence-electron chi connectivity index (χ1n) is 18.9. The predicted molar refractivity (Wildman–Crippen MR) is 213 cm³/mol. The number of ether oxygens (including phenoxy) is 1. The average Bonchev–Trinajstić information content (AvgIpc) is 3.51. The lowest BCUT2D eigenvalue weighted by atomic mass is 9.94. The zero-order valence-electron chi connectivity index (χ0n) is 32.7.